The van der Waals surface area contributed by atoms with Crippen LogP contribution in [-0.2, 0) is 0 Å². The highest BCUT2D eigenvalue weighted by molar-refractivity contribution is 6.16. The molecule has 0 bridgehead atoms. The number of hydrogen-bond donors (Lipinski definition) is 3. The molecule has 0 spiro atoms. The summed E-state index contributed by atoms with van der Waals surface area (Å²) < 4.78 is 0.878. The van der Waals surface area contributed by atoms with Gasteiger partial charge in [-0.1, -0.05) is 18.2 Å². The Kier molecular flexibility index (Phi) is 3.98. The fourth-order valence-electron chi connectivity index (χ4n) is 2.66. The molecule has 7 heteroatoms. The molecule has 0 aliphatic carbocycles. The Morgan fingerprint density at radius 1 is 1.04 bits per heavy atom. The van der Waals surface area contributed by atoms with Crippen LogP contribution in [0.25, 0.3) is 10.9 Å². The minimum atomic E-state index is -0.890. The number of fused-ring (bicyclic) bond motifs is 1. The van der Waals surface area contributed by atoms with Gasteiger partial charge in [0.05, 0.1) is 5.52 Å². The van der Waals surface area contributed by atoms with Crippen LogP contribution in [0.4, 0.5) is 10.5 Å². The van der Waals surface area contributed by atoms with Crippen molar-refractivity contribution < 1.29 is 19.5 Å². The molecule has 1 heterocycles. The number of carbonyl (C=O) groups excluding carboxylic acids is 3. The van der Waals surface area contributed by atoms with E-state index in [0.29, 0.717) is 22.2 Å². The summed E-state index contributed by atoms with van der Waals surface area (Å²) in [4.78, 5) is 35.5. The van der Waals surface area contributed by atoms with Crippen LogP contribution in [0.2, 0.25) is 0 Å². The van der Waals surface area contributed by atoms with E-state index in [4.69, 9.17) is 5.73 Å². The van der Waals surface area contributed by atoms with Gasteiger partial charge in [0.15, 0.2) is 5.78 Å². The van der Waals surface area contributed by atoms with Crippen molar-refractivity contribution in [2.45, 2.75) is 6.92 Å². The van der Waals surface area contributed by atoms with Crippen molar-refractivity contribution in [3.8, 4) is 5.88 Å². The predicted octanol–water partition coefficient (Wildman–Crippen LogP) is 2.73. The summed E-state index contributed by atoms with van der Waals surface area (Å²) in [5.41, 5.74) is 6.55. The van der Waals surface area contributed by atoms with Crippen LogP contribution in [0.5, 0.6) is 5.88 Å². The van der Waals surface area contributed by atoms with Crippen LogP contribution < -0.4 is 11.1 Å². The van der Waals surface area contributed by atoms with Crippen LogP contribution in [0, 0.1) is 0 Å². The highest BCUT2D eigenvalue weighted by Crippen LogP contribution is 2.31. The number of amides is 2. The van der Waals surface area contributed by atoms with Crippen LogP contribution in [0.3, 0.4) is 0 Å². The molecule has 0 unspecified atom stereocenters. The highest BCUT2D eigenvalue weighted by Gasteiger charge is 2.24. The number of nitrogens with two attached hydrogens (primary N) is 1. The number of anilines is 1. The van der Waals surface area contributed by atoms with Crippen LogP contribution in [0.1, 0.15) is 27.6 Å². The van der Waals surface area contributed by atoms with E-state index in [2.05, 4.69) is 5.32 Å². The number of ketones is 1. The van der Waals surface area contributed by atoms with Crippen molar-refractivity contribution in [3.63, 3.8) is 0 Å². The lowest BCUT2D eigenvalue weighted by atomic mass is 10.1. The molecule has 0 atom stereocenters. The van der Waals surface area contributed by atoms with Gasteiger partial charge in [-0.3, -0.25) is 9.59 Å². The number of carbonyl (C=O) groups is 3. The van der Waals surface area contributed by atoms with Gasteiger partial charge in [-0.15, -0.1) is 0 Å². The number of nitrogens with one attached hydrogen (secondary N) is 1. The van der Waals surface area contributed by atoms with E-state index in [-0.39, 0.29) is 11.3 Å². The molecule has 2 amide bonds. The molecule has 0 saturated carbocycles. The normalized spacial score (nSPS) is 10.6. The van der Waals surface area contributed by atoms with Crippen LogP contribution in [0.15, 0.2) is 48.5 Å². The summed E-state index contributed by atoms with van der Waals surface area (Å²) in [7, 11) is 0. The minimum Gasteiger partial charge on any atom is -0.494 e. The predicted molar refractivity (Wildman–Crippen MR) is 93.0 cm³/mol. The Bertz CT molecular complexity index is 1000. The van der Waals surface area contributed by atoms with E-state index in [0.717, 1.165) is 4.57 Å². The Morgan fingerprint density at radius 2 is 1.68 bits per heavy atom. The van der Waals surface area contributed by atoms with E-state index in [1.165, 1.54) is 6.92 Å². The zero-order valence-electron chi connectivity index (χ0n) is 13.3. The first-order chi connectivity index (χ1) is 11.9. The molecule has 0 fully saturated rings. The molecule has 7 nitrogen and oxygen atoms in total. The van der Waals surface area contributed by atoms with Gasteiger partial charge in [0.25, 0.3) is 5.91 Å². The first kappa shape index (κ1) is 16.3. The molecule has 3 aromatic rings. The number of Topliss-reactive ketones (excluding diaryl/α,β-unsaturated/α-hetero) is 1. The van der Waals surface area contributed by atoms with E-state index < -0.39 is 17.8 Å². The van der Waals surface area contributed by atoms with Crippen molar-refractivity contribution in [1.82, 2.24) is 4.57 Å². The number of rotatable bonds is 3. The molecule has 3 rings (SSSR count). The molecule has 4 N–H and O–H groups in total. The maximum atomic E-state index is 12.6. The SMILES string of the molecule is CC(=O)c1ccc(NC(=O)c2c(O)n(C(N)=O)c3ccccc23)cc1. The molecule has 0 radical (unpaired) electrons. The number of hydrogen-bond acceptors (Lipinski definition) is 4. The maximum absolute atomic E-state index is 12.6. The Morgan fingerprint density at radius 3 is 2.28 bits per heavy atom. The van der Waals surface area contributed by atoms with E-state index >= 15 is 0 Å². The summed E-state index contributed by atoms with van der Waals surface area (Å²) in [5, 5.41) is 13.3. The average Bonchev–Trinajstić information content (AvgIpc) is 2.87. The Balaban J connectivity index is 2.01. The van der Waals surface area contributed by atoms with Gasteiger partial charge in [0, 0.05) is 16.6 Å². The summed E-state index contributed by atoms with van der Waals surface area (Å²) >= 11 is 0. The van der Waals surface area contributed by atoms with Crippen LogP contribution >= 0.6 is 0 Å². The summed E-state index contributed by atoms with van der Waals surface area (Å²) in [5.74, 6) is -1.20. The Labute approximate surface area is 142 Å². The van der Waals surface area contributed by atoms with Crippen molar-refractivity contribution >= 4 is 34.3 Å². The van der Waals surface area contributed by atoms with Gasteiger partial charge < -0.3 is 16.2 Å². The topological polar surface area (TPSA) is 114 Å². The summed E-state index contributed by atoms with van der Waals surface area (Å²) in [6, 6.07) is 12.0. The fraction of sp³-hybridized carbons (Fsp3) is 0.0556. The standard InChI is InChI=1S/C18H15N3O4/c1-10(22)11-6-8-12(9-7-11)20-16(23)15-13-4-2-3-5-14(13)21(17(15)24)18(19)25/h2-9,24H,1H3,(H2,19,25)(H,20,23). The Hall–Kier alpha value is -3.61. The van der Waals surface area contributed by atoms with Crippen molar-refractivity contribution in [2.24, 2.45) is 5.73 Å². The molecular formula is C18H15N3O4. The van der Waals surface area contributed by atoms with Gasteiger partial charge in [-0.25, -0.2) is 9.36 Å². The van der Waals surface area contributed by atoms with E-state index in [9.17, 15) is 19.5 Å². The monoisotopic (exact) mass is 337 g/mol. The van der Waals surface area contributed by atoms with Crippen molar-refractivity contribution in [2.75, 3.05) is 5.32 Å². The van der Waals surface area contributed by atoms with Crippen molar-refractivity contribution in [1.29, 1.82) is 0 Å². The molecule has 25 heavy (non-hydrogen) atoms. The molecule has 1 aromatic heterocycles. The highest BCUT2D eigenvalue weighted by atomic mass is 16.3. The lowest BCUT2D eigenvalue weighted by molar-refractivity contribution is 0.101. The first-order valence-corrected chi connectivity index (χ1v) is 7.44. The van der Waals surface area contributed by atoms with Gasteiger partial charge in [0.2, 0.25) is 5.88 Å². The lowest BCUT2D eigenvalue weighted by Gasteiger charge is -2.06. The smallest absolute Gasteiger partial charge is 0.326 e. The van der Waals surface area contributed by atoms with E-state index in [1.807, 2.05) is 0 Å². The van der Waals surface area contributed by atoms with Crippen molar-refractivity contribution in [3.05, 3.63) is 59.7 Å². The number of benzene rings is 2. The number of para-hydroxylation sites is 1. The van der Waals surface area contributed by atoms with Gasteiger partial charge in [-0.05, 0) is 37.3 Å². The second-order valence-electron chi connectivity index (χ2n) is 5.48. The molecular weight excluding hydrogens is 322 g/mol. The first-order valence-electron chi connectivity index (χ1n) is 7.44. The van der Waals surface area contributed by atoms with Gasteiger partial charge >= 0.3 is 6.03 Å². The largest absolute Gasteiger partial charge is 0.494 e. The quantitative estimate of drug-likeness (QED) is 0.637. The third kappa shape index (κ3) is 2.83. The third-order valence-electron chi connectivity index (χ3n) is 3.85. The fourth-order valence-corrected chi connectivity index (χ4v) is 2.66. The molecule has 0 aliphatic rings. The third-order valence-corrected chi connectivity index (χ3v) is 3.85. The molecule has 0 saturated heterocycles. The molecule has 0 aliphatic heterocycles. The average molecular weight is 337 g/mol. The number of primary amides is 1. The minimum absolute atomic E-state index is 0.0509. The zero-order valence-corrected chi connectivity index (χ0v) is 13.3. The summed E-state index contributed by atoms with van der Waals surface area (Å²) in [6.45, 7) is 1.45. The lowest BCUT2D eigenvalue weighted by Crippen LogP contribution is -2.19. The molecule has 2 aromatic carbocycles. The second-order valence-corrected chi connectivity index (χ2v) is 5.48. The second kappa shape index (κ2) is 6.12. The van der Waals surface area contributed by atoms with Gasteiger partial charge in [0.1, 0.15) is 5.56 Å². The number of aromatic hydroxyl groups is 1. The maximum Gasteiger partial charge on any atom is 0.326 e. The van der Waals surface area contributed by atoms with E-state index in [1.54, 1.807) is 48.5 Å². The van der Waals surface area contributed by atoms with Crippen LogP contribution in [-0.4, -0.2) is 27.4 Å². The number of nitrogens with zero attached hydrogens (tertiary/aromatic N) is 1. The van der Waals surface area contributed by atoms with Gasteiger partial charge in [-0.2, -0.15) is 0 Å². The zero-order chi connectivity index (χ0) is 18.1. The molecule has 126 valence electrons. The summed E-state index contributed by atoms with van der Waals surface area (Å²) in [6.07, 6.45) is 0. The number of aromatic nitrogens is 1.